The van der Waals surface area contributed by atoms with Crippen molar-refractivity contribution in [3.05, 3.63) is 11.8 Å². The molecular weight excluding hydrogens is 240 g/mol. The number of nitrogens with two attached hydrogens (primary N) is 1. The molecule has 6 nitrogen and oxygen atoms in total. The molecule has 0 aliphatic carbocycles. The van der Waals surface area contributed by atoms with Crippen LogP contribution in [0.25, 0.3) is 0 Å². The van der Waals surface area contributed by atoms with E-state index < -0.39 is 0 Å². The zero-order valence-corrected chi connectivity index (χ0v) is 11.3. The second kappa shape index (κ2) is 6.34. The maximum Gasteiger partial charge on any atom is 0.224 e. The van der Waals surface area contributed by atoms with Gasteiger partial charge < -0.3 is 11.1 Å². The van der Waals surface area contributed by atoms with E-state index in [0.29, 0.717) is 17.6 Å². The first kappa shape index (κ1) is 13.6. The van der Waals surface area contributed by atoms with Crippen LogP contribution >= 0.6 is 0 Å². The zero-order valence-electron chi connectivity index (χ0n) is 11.3. The number of hydrogen-bond acceptors (Lipinski definition) is 6. The zero-order chi connectivity index (χ0) is 13.7. The molecule has 1 saturated heterocycles. The SMILES string of the molecule is CCN1CCCCC1CNc1ncc(C#N)c(N)n1. The van der Waals surface area contributed by atoms with Gasteiger partial charge in [-0.05, 0) is 25.9 Å². The van der Waals surface area contributed by atoms with E-state index in [1.807, 2.05) is 6.07 Å². The molecule has 6 heteroatoms. The highest BCUT2D eigenvalue weighted by atomic mass is 15.2. The summed E-state index contributed by atoms with van der Waals surface area (Å²) in [5.74, 6) is 0.731. The third-order valence-corrected chi connectivity index (χ3v) is 3.59. The highest BCUT2D eigenvalue weighted by molar-refractivity contribution is 5.49. The van der Waals surface area contributed by atoms with Crippen molar-refractivity contribution in [2.75, 3.05) is 30.7 Å². The number of nitriles is 1. The Bertz CT molecular complexity index is 467. The molecule has 0 radical (unpaired) electrons. The van der Waals surface area contributed by atoms with Gasteiger partial charge in [0.05, 0.1) is 6.20 Å². The smallest absolute Gasteiger partial charge is 0.224 e. The Kier molecular flexibility index (Phi) is 4.53. The summed E-state index contributed by atoms with van der Waals surface area (Å²) in [6.07, 6.45) is 5.22. The number of anilines is 2. The minimum Gasteiger partial charge on any atom is -0.382 e. The first-order valence-electron chi connectivity index (χ1n) is 6.75. The standard InChI is InChI=1S/C13H20N6/c1-2-19-6-4-3-5-11(19)9-17-13-16-8-10(7-14)12(15)18-13/h8,11H,2-6,9H2,1H3,(H3,15,16,17,18). The molecule has 0 bridgehead atoms. The molecule has 1 aliphatic rings. The number of nitrogens with zero attached hydrogens (tertiary/aromatic N) is 4. The molecule has 1 aromatic heterocycles. The lowest BCUT2D eigenvalue weighted by molar-refractivity contribution is 0.164. The van der Waals surface area contributed by atoms with E-state index in [2.05, 4.69) is 27.1 Å². The second-order valence-corrected chi connectivity index (χ2v) is 4.76. The van der Waals surface area contributed by atoms with E-state index in [0.717, 1.165) is 13.1 Å². The van der Waals surface area contributed by atoms with E-state index in [9.17, 15) is 0 Å². The summed E-state index contributed by atoms with van der Waals surface area (Å²) < 4.78 is 0. The molecule has 0 aromatic carbocycles. The minimum absolute atomic E-state index is 0.232. The van der Waals surface area contributed by atoms with Crippen molar-refractivity contribution in [1.82, 2.24) is 14.9 Å². The van der Waals surface area contributed by atoms with Gasteiger partial charge in [-0.25, -0.2) is 4.98 Å². The Hall–Kier alpha value is -1.87. The van der Waals surface area contributed by atoms with Crippen LogP contribution in [-0.4, -0.2) is 40.5 Å². The Balaban J connectivity index is 1.94. The lowest BCUT2D eigenvalue weighted by Crippen LogP contribution is -2.43. The quantitative estimate of drug-likeness (QED) is 0.845. The maximum absolute atomic E-state index is 8.77. The van der Waals surface area contributed by atoms with Crippen molar-refractivity contribution >= 4 is 11.8 Å². The number of nitrogen functional groups attached to an aromatic ring is 1. The number of likely N-dealkylation sites (tertiary alicyclic amines) is 1. The molecule has 2 rings (SSSR count). The molecule has 1 unspecified atom stereocenters. The van der Waals surface area contributed by atoms with Crippen molar-refractivity contribution in [2.24, 2.45) is 0 Å². The lowest BCUT2D eigenvalue weighted by Gasteiger charge is -2.34. The third-order valence-electron chi connectivity index (χ3n) is 3.59. The molecule has 1 aliphatic heterocycles. The number of hydrogen-bond donors (Lipinski definition) is 2. The molecule has 0 saturated carbocycles. The molecule has 0 amide bonds. The second-order valence-electron chi connectivity index (χ2n) is 4.76. The van der Waals surface area contributed by atoms with Gasteiger partial charge in [0.25, 0.3) is 0 Å². The van der Waals surface area contributed by atoms with Crippen LogP contribution in [0, 0.1) is 11.3 Å². The average molecular weight is 260 g/mol. The number of nitrogens with one attached hydrogen (secondary N) is 1. The van der Waals surface area contributed by atoms with E-state index in [-0.39, 0.29) is 5.82 Å². The molecule has 1 fully saturated rings. The number of likely N-dealkylation sites (N-methyl/N-ethyl adjacent to an activating group) is 1. The van der Waals surface area contributed by atoms with Gasteiger partial charge in [-0.15, -0.1) is 0 Å². The normalized spacial score (nSPS) is 19.9. The fraction of sp³-hybridized carbons (Fsp3) is 0.615. The van der Waals surface area contributed by atoms with E-state index >= 15 is 0 Å². The largest absolute Gasteiger partial charge is 0.382 e. The minimum atomic E-state index is 0.232. The van der Waals surface area contributed by atoms with Gasteiger partial charge in [-0.3, -0.25) is 4.90 Å². The van der Waals surface area contributed by atoms with Gasteiger partial charge >= 0.3 is 0 Å². The van der Waals surface area contributed by atoms with E-state index in [1.54, 1.807) is 0 Å². The van der Waals surface area contributed by atoms with Crippen LogP contribution in [0.15, 0.2) is 6.20 Å². The molecule has 3 N–H and O–H groups in total. The van der Waals surface area contributed by atoms with E-state index in [4.69, 9.17) is 11.0 Å². The number of aromatic nitrogens is 2. The van der Waals surface area contributed by atoms with Gasteiger partial charge in [0.1, 0.15) is 17.5 Å². The predicted molar refractivity (Wildman–Crippen MR) is 74.5 cm³/mol. The molecule has 0 spiro atoms. The van der Waals surface area contributed by atoms with Crippen LogP contribution in [0.2, 0.25) is 0 Å². The fourth-order valence-corrected chi connectivity index (χ4v) is 2.48. The highest BCUT2D eigenvalue weighted by Gasteiger charge is 2.20. The summed E-state index contributed by atoms with van der Waals surface area (Å²) in [5, 5.41) is 12.0. The molecule has 1 atom stereocenters. The third kappa shape index (κ3) is 3.32. The Morgan fingerprint density at radius 1 is 1.58 bits per heavy atom. The van der Waals surface area contributed by atoms with Crippen LogP contribution in [-0.2, 0) is 0 Å². The van der Waals surface area contributed by atoms with Gasteiger partial charge in [-0.2, -0.15) is 10.2 Å². The van der Waals surface area contributed by atoms with Crippen LogP contribution in [0.1, 0.15) is 31.7 Å². The summed E-state index contributed by atoms with van der Waals surface area (Å²) in [7, 11) is 0. The molecule has 2 heterocycles. The van der Waals surface area contributed by atoms with Gasteiger partial charge in [0.15, 0.2) is 0 Å². The molecule has 102 valence electrons. The van der Waals surface area contributed by atoms with Crippen LogP contribution in [0.3, 0.4) is 0 Å². The van der Waals surface area contributed by atoms with Crippen molar-refractivity contribution in [3.63, 3.8) is 0 Å². The first-order chi connectivity index (χ1) is 9.24. The van der Waals surface area contributed by atoms with Crippen LogP contribution < -0.4 is 11.1 Å². The van der Waals surface area contributed by atoms with Crippen molar-refractivity contribution in [2.45, 2.75) is 32.2 Å². The average Bonchev–Trinajstić information content (AvgIpc) is 2.45. The Labute approximate surface area is 113 Å². The maximum atomic E-state index is 8.77. The fourth-order valence-electron chi connectivity index (χ4n) is 2.48. The molecule has 19 heavy (non-hydrogen) atoms. The summed E-state index contributed by atoms with van der Waals surface area (Å²) in [4.78, 5) is 10.7. The Morgan fingerprint density at radius 3 is 3.11 bits per heavy atom. The Morgan fingerprint density at radius 2 is 2.42 bits per heavy atom. The van der Waals surface area contributed by atoms with Gasteiger partial charge in [-0.1, -0.05) is 13.3 Å². The highest BCUT2D eigenvalue weighted by Crippen LogP contribution is 2.17. The topological polar surface area (TPSA) is 90.9 Å². The summed E-state index contributed by atoms with van der Waals surface area (Å²) in [6.45, 7) is 5.25. The van der Waals surface area contributed by atoms with Crippen molar-refractivity contribution < 1.29 is 0 Å². The first-order valence-corrected chi connectivity index (χ1v) is 6.75. The lowest BCUT2D eigenvalue weighted by atomic mass is 10.0. The molecule has 1 aromatic rings. The van der Waals surface area contributed by atoms with Gasteiger partial charge in [0.2, 0.25) is 5.95 Å². The number of rotatable bonds is 4. The summed E-state index contributed by atoms with van der Waals surface area (Å²) >= 11 is 0. The van der Waals surface area contributed by atoms with Crippen molar-refractivity contribution in [3.8, 4) is 6.07 Å². The van der Waals surface area contributed by atoms with E-state index in [1.165, 1.54) is 32.0 Å². The van der Waals surface area contributed by atoms with Gasteiger partial charge in [0, 0.05) is 12.6 Å². The monoisotopic (exact) mass is 260 g/mol. The van der Waals surface area contributed by atoms with Crippen LogP contribution in [0.5, 0.6) is 0 Å². The predicted octanol–water partition coefficient (Wildman–Crippen LogP) is 1.22. The molecular formula is C13H20N6. The summed E-state index contributed by atoms with van der Waals surface area (Å²) in [6, 6.07) is 2.49. The number of piperidine rings is 1. The van der Waals surface area contributed by atoms with Crippen molar-refractivity contribution in [1.29, 1.82) is 5.26 Å². The summed E-state index contributed by atoms with van der Waals surface area (Å²) in [5.41, 5.74) is 5.99. The van der Waals surface area contributed by atoms with Crippen LogP contribution in [0.4, 0.5) is 11.8 Å².